The molecule has 282 valence electrons. The maximum Gasteiger partial charge on any atom is 0.326 e. The molecule has 9 N–H and O–H groups in total. The van der Waals surface area contributed by atoms with Crippen LogP contribution in [-0.2, 0) is 21.0 Å². The van der Waals surface area contributed by atoms with Crippen LogP contribution in [0.2, 0.25) is 0 Å². The lowest BCUT2D eigenvalue weighted by molar-refractivity contribution is -0.139. The van der Waals surface area contributed by atoms with Crippen molar-refractivity contribution in [2.75, 3.05) is 25.0 Å². The smallest absolute Gasteiger partial charge is 0.326 e. The number of benzene rings is 1. The van der Waals surface area contributed by atoms with Crippen molar-refractivity contribution in [2.45, 2.75) is 84.5 Å². The van der Waals surface area contributed by atoms with Gasteiger partial charge in [-0.3, -0.25) is 19.2 Å². The molecule has 0 spiro atoms. The molecular weight excluding hydrogens is 678 g/mol. The molecule has 0 aliphatic heterocycles. The fraction of sp³-hybridized carbons (Fsp3) is 0.485. The predicted octanol–water partition coefficient (Wildman–Crippen LogP) is 1.45. The van der Waals surface area contributed by atoms with E-state index in [1.165, 1.54) is 18.3 Å². The van der Waals surface area contributed by atoms with Crippen molar-refractivity contribution in [3.8, 4) is 0 Å². The van der Waals surface area contributed by atoms with E-state index in [1.807, 2.05) is 0 Å². The highest BCUT2D eigenvalue weighted by Crippen LogP contribution is 2.13. The second-order valence-electron chi connectivity index (χ2n) is 13.0. The summed E-state index contributed by atoms with van der Waals surface area (Å²) < 4.78 is 0. The molecule has 2 amide bonds. The van der Waals surface area contributed by atoms with Crippen LogP contribution in [0, 0.1) is 6.92 Å². The third-order valence-electron chi connectivity index (χ3n) is 8.15. The first-order valence-corrected chi connectivity index (χ1v) is 16.5. The number of aromatic nitrogens is 4. The minimum atomic E-state index is -1.32. The lowest BCUT2D eigenvalue weighted by atomic mass is 9.95. The summed E-state index contributed by atoms with van der Waals surface area (Å²) in [7, 11) is 0. The van der Waals surface area contributed by atoms with Gasteiger partial charge in [0.15, 0.2) is 11.2 Å². The third-order valence-corrected chi connectivity index (χ3v) is 8.15. The second kappa shape index (κ2) is 18.6. The molecule has 0 aliphatic carbocycles. The molecule has 1 atom stereocenters. The lowest BCUT2D eigenvalue weighted by Gasteiger charge is -2.28. The van der Waals surface area contributed by atoms with Crippen LogP contribution in [0.25, 0.3) is 11.2 Å². The number of carboxylic acids is 1. The number of amides is 2. The molecule has 0 saturated carbocycles. The number of hydroxylamine groups is 1. The molecule has 3 aromatic rings. The fourth-order valence-electron chi connectivity index (χ4n) is 4.70. The van der Waals surface area contributed by atoms with E-state index in [2.05, 4.69) is 57.0 Å². The number of aromatic amines is 1. The maximum atomic E-state index is 12.8. The Morgan fingerprint density at radius 2 is 1.71 bits per heavy atom. The number of fused-ring (bicyclic) bond motifs is 1. The van der Waals surface area contributed by atoms with E-state index in [0.717, 1.165) is 0 Å². The number of H-pyrrole nitrogens is 1. The number of hydrogen-bond acceptors (Lipinski definition) is 15. The molecule has 0 radical (unpaired) electrons. The van der Waals surface area contributed by atoms with Crippen LogP contribution < -0.4 is 32.3 Å². The third kappa shape index (κ3) is 12.1. The molecule has 19 heteroatoms. The van der Waals surface area contributed by atoms with E-state index >= 15 is 0 Å². The van der Waals surface area contributed by atoms with E-state index in [9.17, 15) is 29.5 Å². The van der Waals surface area contributed by atoms with Crippen molar-refractivity contribution in [3.05, 3.63) is 57.9 Å². The van der Waals surface area contributed by atoms with E-state index in [-0.39, 0.29) is 61.2 Å². The van der Waals surface area contributed by atoms with Crippen molar-refractivity contribution in [2.24, 2.45) is 10.3 Å². The summed E-state index contributed by atoms with van der Waals surface area (Å²) in [5.74, 6) is -1.91. The molecule has 0 saturated heterocycles. The standard InChI is InChI=1S/C33H47N11O8/c1-19(42-50)32(3,4)44-52-16-15-37-33(5,6)25(43-51)13-14-34-26(45)12-11-24(31(48)49)41-29(46)21-7-9-22(10-8-21)35-17-23-18-36-28-27(40-23)30(47)39-20(2)38-28/h7-10,18,24,35,37,44,50-51H,11-17H2,1-6H3,(H,34,45)(H,41,46)(H,48,49)(H,36,38,39,47)/b42-19+,43-25+. The van der Waals surface area contributed by atoms with Crippen LogP contribution >= 0.6 is 0 Å². The first-order chi connectivity index (χ1) is 24.6. The van der Waals surface area contributed by atoms with E-state index in [1.54, 1.807) is 53.7 Å². The number of nitrogens with zero attached hydrogens (tertiary/aromatic N) is 5. The van der Waals surface area contributed by atoms with Crippen LogP contribution in [-0.4, -0.2) is 101 Å². The summed E-state index contributed by atoms with van der Waals surface area (Å²) in [5, 5.41) is 46.3. The Morgan fingerprint density at radius 3 is 2.37 bits per heavy atom. The molecule has 2 aromatic heterocycles. The molecule has 52 heavy (non-hydrogen) atoms. The molecule has 0 fully saturated rings. The van der Waals surface area contributed by atoms with Crippen LogP contribution in [0.15, 0.2) is 45.6 Å². The molecule has 1 unspecified atom stereocenters. The van der Waals surface area contributed by atoms with Crippen molar-refractivity contribution < 1.29 is 34.7 Å². The van der Waals surface area contributed by atoms with Gasteiger partial charge in [-0.15, -0.1) is 0 Å². The minimum Gasteiger partial charge on any atom is -0.480 e. The Kier molecular flexibility index (Phi) is 14.7. The molecule has 2 heterocycles. The number of anilines is 1. The Bertz CT molecular complexity index is 1820. The highest BCUT2D eigenvalue weighted by molar-refractivity contribution is 5.97. The van der Waals surface area contributed by atoms with Crippen molar-refractivity contribution in [3.63, 3.8) is 0 Å². The molecule has 1 aromatic carbocycles. The quantitative estimate of drug-likeness (QED) is 0.0345. The van der Waals surface area contributed by atoms with Gasteiger partial charge in [0.05, 0.1) is 47.5 Å². The van der Waals surface area contributed by atoms with Crippen molar-refractivity contribution in [1.29, 1.82) is 0 Å². The molecule has 3 rings (SSSR count). The van der Waals surface area contributed by atoms with Gasteiger partial charge in [0, 0.05) is 37.2 Å². The average Bonchev–Trinajstić information content (AvgIpc) is 3.10. The topological polar surface area (TPSA) is 278 Å². The first-order valence-electron chi connectivity index (χ1n) is 16.5. The minimum absolute atomic E-state index is 0.125. The number of rotatable bonds is 20. The Labute approximate surface area is 299 Å². The van der Waals surface area contributed by atoms with Crippen LogP contribution in [0.5, 0.6) is 0 Å². The zero-order valence-electron chi connectivity index (χ0n) is 30.0. The normalized spacial score (nSPS) is 13.1. The number of aryl methyl sites for hydroxylation is 1. The SMILES string of the molecule is C/C(=N\O)C(C)(C)NOCCNC(C)(C)/C(CCNC(=O)CCC(NC(=O)c1ccc(NCc2cnc3nc(C)[nH]c(=O)c3n2)cc1)C(=O)O)=N/O. The van der Waals surface area contributed by atoms with Gasteiger partial charge in [-0.1, -0.05) is 10.3 Å². The molecule has 19 nitrogen and oxygen atoms in total. The number of carboxylic acid groups (broad SMARTS) is 1. The lowest BCUT2D eigenvalue weighted by Crippen LogP contribution is -2.50. The summed E-state index contributed by atoms with van der Waals surface area (Å²) in [5.41, 5.74) is 3.53. The van der Waals surface area contributed by atoms with Gasteiger partial charge >= 0.3 is 5.97 Å². The van der Waals surface area contributed by atoms with Crippen LogP contribution in [0.4, 0.5) is 5.69 Å². The summed E-state index contributed by atoms with van der Waals surface area (Å²) in [6.45, 7) is 11.5. The number of aliphatic carboxylic acids is 1. The molecule has 0 aliphatic rings. The number of carbonyl (C=O) groups is 3. The van der Waals surface area contributed by atoms with E-state index < -0.39 is 34.9 Å². The number of nitrogens with one attached hydrogen (secondary N) is 6. The van der Waals surface area contributed by atoms with Gasteiger partial charge < -0.3 is 41.8 Å². The summed E-state index contributed by atoms with van der Waals surface area (Å²) in [4.78, 5) is 70.1. The Hall–Kier alpha value is -5.53. The van der Waals surface area contributed by atoms with Gasteiger partial charge in [0.2, 0.25) is 5.91 Å². The highest BCUT2D eigenvalue weighted by atomic mass is 16.6. The summed E-state index contributed by atoms with van der Waals surface area (Å²) in [6, 6.07) is 4.98. The first kappa shape index (κ1) is 40.9. The molecule has 0 bridgehead atoms. The van der Waals surface area contributed by atoms with Gasteiger partial charge in [-0.25, -0.2) is 19.7 Å². The number of oxime groups is 2. The van der Waals surface area contributed by atoms with Crippen molar-refractivity contribution >= 4 is 46.1 Å². The van der Waals surface area contributed by atoms with E-state index in [0.29, 0.717) is 35.2 Å². The zero-order chi connectivity index (χ0) is 38.5. The second-order valence-corrected chi connectivity index (χ2v) is 13.0. The van der Waals surface area contributed by atoms with E-state index in [4.69, 9.17) is 10.0 Å². The predicted molar refractivity (Wildman–Crippen MR) is 192 cm³/mol. The maximum absolute atomic E-state index is 12.8. The van der Waals surface area contributed by atoms with Crippen LogP contribution in [0.3, 0.4) is 0 Å². The van der Waals surface area contributed by atoms with Gasteiger partial charge in [0.1, 0.15) is 11.9 Å². The van der Waals surface area contributed by atoms with Gasteiger partial charge in [-0.2, -0.15) is 5.48 Å². The average molecular weight is 726 g/mol. The fourth-order valence-corrected chi connectivity index (χ4v) is 4.70. The van der Waals surface area contributed by atoms with Gasteiger partial charge in [-0.05, 0) is 72.2 Å². The summed E-state index contributed by atoms with van der Waals surface area (Å²) >= 11 is 0. The summed E-state index contributed by atoms with van der Waals surface area (Å²) in [6.07, 6.45) is 1.39. The Morgan fingerprint density at radius 1 is 1.00 bits per heavy atom. The number of hydrogen-bond donors (Lipinski definition) is 9. The van der Waals surface area contributed by atoms with Crippen molar-refractivity contribution in [1.82, 2.24) is 41.4 Å². The molecular formula is C33H47N11O8. The van der Waals surface area contributed by atoms with Crippen LogP contribution in [0.1, 0.15) is 75.8 Å². The largest absolute Gasteiger partial charge is 0.480 e. The Balaban J connectivity index is 1.41. The highest BCUT2D eigenvalue weighted by Gasteiger charge is 2.26. The monoisotopic (exact) mass is 725 g/mol. The number of carbonyl (C=O) groups excluding carboxylic acids is 2. The van der Waals surface area contributed by atoms with Gasteiger partial charge in [0.25, 0.3) is 11.5 Å². The zero-order valence-corrected chi connectivity index (χ0v) is 30.0.